The standard InChI is InChI=1S/C23H23FN4O3/c24-18-3-1-2-16(12-18)14-27-10-7-19(8-11-27)28-22(6-9-25-28)26-23(29)17-4-5-20-21(13-17)31-15-30-20/h1-6,9,12-13,19H,7-8,10-11,14-15H2,(H,26,29). The number of likely N-dealkylation sites (tertiary alicyclic amines) is 1. The SMILES string of the molecule is O=C(Nc1ccnn1C1CCN(Cc2cccc(F)c2)CC1)c1ccc2c(c1)OCO2. The predicted octanol–water partition coefficient (Wildman–Crippen LogP) is 3.84. The van der Waals surface area contributed by atoms with E-state index in [9.17, 15) is 9.18 Å². The molecule has 1 aromatic heterocycles. The Morgan fingerprint density at radius 1 is 1.10 bits per heavy atom. The Hall–Kier alpha value is -3.39. The van der Waals surface area contributed by atoms with E-state index in [4.69, 9.17) is 9.47 Å². The van der Waals surface area contributed by atoms with Crippen molar-refractivity contribution in [2.24, 2.45) is 0 Å². The van der Waals surface area contributed by atoms with Gasteiger partial charge in [-0.25, -0.2) is 9.07 Å². The van der Waals surface area contributed by atoms with Crippen molar-refractivity contribution >= 4 is 11.7 Å². The number of fused-ring (bicyclic) bond motifs is 1. The third-order valence-electron chi connectivity index (χ3n) is 5.74. The lowest BCUT2D eigenvalue weighted by Crippen LogP contribution is -2.35. The Balaban J connectivity index is 1.21. The number of halogens is 1. The molecule has 1 amide bonds. The second-order valence-corrected chi connectivity index (χ2v) is 7.82. The molecular formula is C23H23FN4O3. The van der Waals surface area contributed by atoms with Crippen molar-refractivity contribution in [3.63, 3.8) is 0 Å². The molecule has 0 bridgehead atoms. The van der Waals surface area contributed by atoms with Gasteiger partial charge in [-0.1, -0.05) is 12.1 Å². The quantitative estimate of drug-likeness (QED) is 0.677. The van der Waals surface area contributed by atoms with E-state index in [-0.39, 0.29) is 24.6 Å². The number of aromatic nitrogens is 2. The number of hydrogen-bond donors (Lipinski definition) is 1. The fourth-order valence-electron chi connectivity index (χ4n) is 4.15. The molecule has 7 nitrogen and oxygen atoms in total. The smallest absolute Gasteiger partial charge is 0.256 e. The molecule has 1 fully saturated rings. The molecule has 0 unspecified atom stereocenters. The number of rotatable bonds is 5. The van der Waals surface area contributed by atoms with Crippen molar-refractivity contribution in [2.45, 2.75) is 25.4 Å². The van der Waals surface area contributed by atoms with E-state index in [2.05, 4.69) is 15.3 Å². The van der Waals surface area contributed by atoms with Gasteiger partial charge < -0.3 is 14.8 Å². The summed E-state index contributed by atoms with van der Waals surface area (Å²) in [5.74, 6) is 1.47. The summed E-state index contributed by atoms with van der Waals surface area (Å²) >= 11 is 0. The molecule has 2 aliphatic rings. The lowest BCUT2D eigenvalue weighted by atomic mass is 10.0. The highest BCUT2D eigenvalue weighted by Crippen LogP contribution is 2.33. The number of piperidine rings is 1. The number of carbonyl (C=O) groups excluding carboxylic acids is 1. The van der Waals surface area contributed by atoms with Crippen LogP contribution in [0.15, 0.2) is 54.7 Å². The molecule has 0 aliphatic carbocycles. The Bertz CT molecular complexity index is 1090. The third kappa shape index (κ3) is 4.25. The van der Waals surface area contributed by atoms with E-state index in [1.165, 1.54) is 6.07 Å². The maximum absolute atomic E-state index is 13.4. The zero-order valence-corrected chi connectivity index (χ0v) is 17.0. The topological polar surface area (TPSA) is 68.6 Å². The number of ether oxygens (including phenoxy) is 2. The summed E-state index contributed by atoms with van der Waals surface area (Å²) in [7, 11) is 0. The van der Waals surface area contributed by atoms with Crippen molar-refractivity contribution in [1.29, 1.82) is 0 Å². The van der Waals surface area contributed by atoms with Gasteiger partial charge in [-0.05, 0) is 48.7 Å². The average molecular weight is 422 g/mol. The highest BCUT2D eigenvalue weighted by atomic mass is 19.1. The van der Waals surface area contributed by atoms with Gasteiger partial charge in [0.25, 0.3) is 5.91 Å². The number of nitrogens with zero attached hydrogens (tertiary/aromatic N) is 3. The summed E-state index contributed by atoms with van der Waals surface area (Å²) in [5.41, 5.74) is 1.48. The molecule has 0 saturated carbocycles. The Morgan fingerprint density at radius 3 is 2.77 bits per heavy atom. The normalized spacial score (nSPS) is 16.4. The lowest BCUT2D eigenvalue weighted by Gasteiger charge is -2.32. The average Bonchev–Trinajstić information content (AvgIpc) is 3.43. The van der Waals surface area contributed by atoms with Crippen molar-refractivity contribution in [3.8, 4) is 11.5 Å². The summed E-state index contributed by atoms with van der Waals surface area (Å²) < 4.78 is 26.0. The molecule has 1 N–H and O–H groups in total. The maximum Gasteiger partial charge on any atom is 0.256 e. The molecule has 3 aromatic rings. The number of amides is 1. The van der Waals surface area contributed by atoms with Gasteiger partial charge in [-0.3, -0.25) is 9.69 Å². The van der Waals surface area contributed by atoms with Gasteiger partial charge in [-0.2, -0.15) is 5.10 Å². The van der Waals surface area contributed by atoms with Crippen LogP contribution in [0, 0.1) is 5.82 Å². The van der Waals surface area contributed by atoms with Gasteiger partial charge in [0.05, 0.1) is 12.2 Å². The van der Waals surface area contributed by atoms with Crippen molar-refractivity contribution in [1.82, 2.24) is 14.7 Å². The van der Waals surface area contributed by atoms with E-state index >= 15 is 0 Å². The number of hydrogen-bond acceptors (Lipinski definition) is 5. The largest absolute Gasteiger partial charge is 0.454 e. The first-order chi connectivity index (χ1) is 15.2. The molecule has 5 rings (SSSR count). The van der Waals surface area contributed by atoms with E-state index in [0.29, 0.717) is 22.9 Å². The Labute approximate surface area is 179 Å². The molecule has 0 spiro atoms. The molecule has 2 aliphatic heterocycles. The van der Waals surface area contributed by atoms with Gasteiger partial charge in [-0.15, -0.1) is 0 Å². The summed E-state index contributed by atoms with van der Waals surface area (Å²) in [6.45, 7) is 2.68. The highest BCUT2D eigenvalue weighted by Gasteiger charge is 2.24. The zero-order chi connectivity index (χ0) is 21.2. The first-order valence-electron chi connectivity index (χ1n) is 10.4. The minimum atomic E-state index is -0.219. The summed E-state index contributed by atoms with van der Waals surface area (Å²) in [4.78, 5) is 15.1. The first kappa shape index (κ1) is 19.6. The molecule has 31 heavy (non-hydrogen) atoms. The molecule has 0 radical (unpaired) electrons. The summed E-state index contributed by atoms with van der Waals surface area (Å²) in [6.07, 6.45) is 3.52. The zero-order valence-electron chi connectivity index (χ0n) is 17.0. The second kappa shape index (κ2) is 8.39. The number of carbonyl (C=O) groups is 1. The van der Waals surface area contributed by atoms with E-state index in [1.807, 2.05) is 16.8 Å². The van der Waals surface area contributed by atoms with E-state index in [0.717, 1.165) is 38.0 Å². The van der Waals surface area contributed by atoms with E-state index in [1.54, 1.807) is 36.5 Å². The Morgan fingerprint density at radius 2 is 1.94 bits per heavy atom. The fourth-order valence-corrected chi connectivity index (χ4v) is 4.15. The maximum atomic E-state index is 13.4. The van der Waals surface area contributed by atoms with Crippen LogP contribution in [0.1, 0.15) is 34.8 Å². The molecule has 1 saturated heterocycles. The molecule has 2 aromatic carbocycles. The van der Waals surface area contributed by atoms with Crippen molar-refractivity contribution < 1.29 is 18.7 Å². The third-order valence-corrected chi connectivity index (χ3v) is 5.74. The van der Waals surface area contributed by atoms with Crippen LogP contribution in [0.2, 0.25) is 0 Å². The number of benzene rings is 2. The van der Waals surface area contributed by atoms with Crippen LogP contribution in [-0.2, 0) is 6.54 Å². The molecule has 160 valence electrons. The van der Waals surface area contributed by atoms with Gasteiger partial charge in [0.2, 0.25) is 6.79 Å². The predicted molar refractivity (Wildman–Crippen MR) is 113 cm³/mol. The van der Waals surface area contributed by atoms with Crippen LogP contribution in [0.5, 0.6) is 11.5 Å². The van der Waals surface area contributed by atoms with Gasteiger partial charge in [0.1, 0.15) is 11.6 Å². The van der Waals surface area contributed by atoms with Crippen LogP contribution in [0.25, 0.3) is 0 Å². The van der Waals surface area contributed by atoms with Crippen LogP contribution >= 0.6 is 0 Å². The van der Waals surface area contributed by atoms with Crippen molar-refractivity contribution in [2.75, 3.05) is 25.2 Å². The monoisotopic (exact) mass is 422 g/mol. The van der Waals surface area contributed by atoms with Crippen LogP contribution in [-0.4, -0.2) is 40.5 Å². The Kier molecular flexibility index (Phi) is 5.30. The molecule has 0 atom stereocenters. The molecular weight excluding hydrogens is 399 g/mol. The molecule has 8 heteroatoms. The minimum absolute atomic E-state index is 0.172. The minimum Gasteiger partial charge on any atom is -0.454 e. The van der Waals surface area contributed by atoms with Crippen LogP contribution in [0.4, 0.5) is 10.2 Å². The lowest BCUT2D eigenvalue weighted by molar-refractivity contribution is 0.102. The number of anilines is 1. The molecule has 3 heterocycles. The second-order valence-electron chi connectivity index (χ2n) is 7.82. The van der Waals surface area contributed by atoms with Gasteiger partial charge in [0, 0.05) is 31.3 Å². The highest BCUT2D eigenvalue weighted by molar-refractivity contribution is 6.04. The van der Waals surface area contributed by atoms with Crippen LogP contribution in [0.3, 0.4) is 0 Å². The summed E-state index contributed by atoms with van der Waals surface area (Å²) in [5, 5.41) is 7.42. The number of nitrogens with one attached hydrogen (secondary N) is 1. The van der Waals surface area contributed by atoms with Gasteiger partial charge in [0.15, 0.2) is 11.5 Å². The van der Waals surface area contributed by atoms with Crippen LogP contribution < -0.4 is 14.8 Å². The fraction of sp³-hybridized carbons (Fsp3) is 0.304. The first-order valence-corrected chi connectivity index (χ1v) is 10.4. The summed E-state index contributed by atoms with van der Waals surface area (Å²) in [6, 6.07) is 13.9. The van der Waals surface area contributed by atoms with Crippen molar-refractivity contribution in [3.05, 3.63) is 71.7 Å². The van der Waals surface area contributed by atoms with E-state index < -0.39 is 0 Å². The van der Waals surface area contributed by atoms with Gasteiger partial charge >= 0.3 is 0 Å².